The Morgan fingerprint density at radius 2 is 2.22 bits per heavy atom. The van der Waals surface area contributed by atoms with Crippen LogP contribution in [0.4, 0.5) is 15.8 Å². The Bertz CT molecular complexity index is 451. The smallest absolute Gasteiger partial charge is 0.292 e. The van der Waals surface area contributed by atoms with Crippen molar-refractivity contribution >= 4 is 17.3 Å². The predicted molar refractivity (Wildman–Crippen MR) is 64.8 cm³/mol. The van der Waals surface area contributed by atoms with Gasteiger partial charge in [-0.15, -0.1) is 0 Å². The van der Waals surface area contributed by atoms with Gasteiger partial charge in [-0.1, -0.05) is 6.92 Å². The van der Waals surface area contributed by atoms with E-state index < -0.39 is 16.6 Å². The molecule has 2 N–H and O–H groups in total. The minimum absolute atomic E-state index is 0.0293. The zero-order chi connectivity index (χ0) is 13.5. The molecular formula is C11H14FN3O3. The van der Waals surface area contributed by atoms with E-state index in [0.717, 1.165) is 24.6 Å². The quantitative estimate of drug-likeness (QED) is 0.460. The number of amides is 1. The van der Waals surface area contributed by atoms with Crippen LogP contribution in [0, 0.1) is 15.9 Å². The van der Waals surface area contributed by atoms with Crippen LogP contribution in [0.1, 0.15) is 13.3 Å². The summed E-state index contributed by atoms with van der Waals surface area (Å²) in [6.45, 7) is 2.64. The van der Waals surface area contributed by atoms with E-state index in [0.29, 0.717) is 6.54 Å². The van der Waals surface area contributed by atoms with Gasteiger partial charge >= 0.3 is 0 Å². The lowest BCUT2D eigenvalue weighted by molar-refractivity contribution is -0.384. The summed E-state index contributed by atoms with van der Waals surface area (Å²) in [6, 6.07) is 2.92. The summed E-state index contributed by atoms with van der Waals surface area (Å²) in [7, 11) is 0. The number of nitro benzene ring substituents is 1. The molecule has 1 aromatic carbocycles. The van der Waals surface area contributed by atoms with Crippen molar-refractivity contribution in [2.75, 3.05) is 18.4 Å². The standard InChI is InChI=1S/C11H14FN3O3/c1-2-5-13-7-11(16)14-9-6-8(12)3-4-10(9)15(17)18/h3-4,6,13H,2,5,7H2,1H3,(H,14,16). The number of halogens is 1. The van der Waals surface area contributed by atoms with E-state index in [2.05, 4.69) is 10.6 Å². The van der Waals surface area contributed by atoms with E-state index in [4.69, 9.17) is 0 Å². The number of hydrogen-bond donors (Lipinski definition) is 2. The third-order valence-corrected chi connectivity index (χ3v) is 2.14. The van der Waals surface area contributed by atoms with Gasteiger partial charge in [0.05, 0.1) is 11.5 Å². The van der Waals surface area contributed by atoms with Gasteiger partial charge in [-0.05, 0) is 19.0 Å². The molecule has 0 unspecified atom stereocenters. The lowest BCUT2D eigenvalue weighted by Gasteiger charge is -2.06. The Kier molecular flexibility index (Phi) is 5.19. The first-order chi connectivity index (χ1) is 8.54. The Hall–Kier alpha value is -2.02. The topological polar surface area (TPSA) is 84.3 Å². The van der Waals surface area contributed by atoms with Gasteiger partial charge in [0, 0.05) is 12.1 Å². The van der Waals surface area contributed by atoms with E-state index in [1.807, 2.05) is 6.92 Å². The van der Waals surface area contributed by atoms with Crippen LogP contribution >= 0.6 is 0 Å². The van der Waals surface area contributed by atoms with E-state index >= 15 is 0 Å². The third kappa shape index (κ3) is 4.10. The third-order valence-electron chi connectivity index (χ3n) is 2.14. The summed E-state index contributed by atoms with van der Waals surface area (Å²) < 4.78 is 13.0. The van der Waals surface area contributed by atoms with Gasteiger partial charge in [-0.25, -0.2) is 4.39 Å². The van der Waals surface area contributed by atoms with Gasteiger partial charge < -0.3 is 10.6 Å². The molecule has 0 aliphatic rings. The number of anilines is 1. The van der Waals surface area contributed by atoms with Crippen LogP contribution in [-0.4, -0.2) is 23.9 Å². The molecule has 98 valence electrons. The van der Waals surface area contributed by atoms with Crippen molar-refractivity contribution in [3.63, 3.8) is 0 Å². The molecule has 0 saturated carbocycles. The van der Waals surface area contributed by atoms with E-state index in [1.54, 1.807) is 0 Å². The maximum absolute atomic E-state index is 13.0. The molecule has 0 aliphatic heterocycles. The van der Waals surface area contributed by atoms with Crippen LogP contribution in [0.3, 0.4) is 0 Å². The first-order valence-electron chi connectivity index (χ1n) is 5.49. The summed E-state index contributed by atoms with van der Waals surface area (Å²) in [5.74, 6) is -1.09. The lowest BCUT2D eigenvalue weighted by Crippen LogP contribution is -2.28. The summed E-state index contributed by atoms with van der Waals surface area (Å²) in [6.07, 6.45) is 0.868. The number of benzene rings is 1. The van der Waals surface area contributed by atoms with Gasteiger partial charge in [0.1, 0.15) is 11.5 Å². The van der Waals surface area contributed by atoms with Gasteiger partial charge in [0.25, 0.3) is 5.69 Å². The zero-order valence-electron chi connectivity index (χ0n) is 9.90. The number of nitrogens with one attached hydrogen (secondary N) is 2. The van der Waals surface area contributed by atoms with Crippen LogP contribution < -0.4 is 10.6 Å². The predicted octanol–water partition coefficient (Wildman–Crippen LogP) is 1.67. The van der Waals surface area contributed by atoms with Crippen LogP contribution in [0.15, 0.2) is 18.2 Å². The Labute approximate surface area is 103 Å². The number of rotatable bonds is 6. The lowest BCUT2D eigenvalue weighted by atomic mass is 10.2. The second-order valence-electron chi connectivity index (χ2n) is 3.64. The maximum atomic E-state index is 13.0. The van der Waals surface area contributed by atoms with Gasteiger partial charge in [0.2, 0.25) is 5.91 Å². The molecule has 18 heavy (non-hydrogen) atoms. The number of nitrogens with zero attached hydrogens (tertiary/aromatic N) is 1. The molecular weight excluding hydrogens is 241 g/mol. The van der Waals surface area contributed by atoms with Crippen molar-refractivity contribution in [3.05, 3.63) is 34.1 Å². The number of carbonyl (C=O) groups is 1. The highest BCUT2D eigenvalue weighted by molar-refractivity contribution is 5.94. The Morgan fingerprint density at radius 1 is 1.50 bits per heavy atom. The Morgan fingerprint density at radius 3 is 2.83 bits per heavy atom. The van der Waals surface area contributed by atoms with Gasteiger partial charge in [-0.2, -0.15) is 0 Å². The van der Waals surface area contributed by atoms with Crippen LogP contribution in [0.2, 0.25) is 0 Å². The number of hydrogen-bond acceptors (Lipinski definition) is 4. The van der Waals surface area contributed by atoms with Crippen molar-refractivity contribution in [1.29, 1.82) is 0 Å². The molecule has 0 spiro atoms. The SMILES string of the molecule is CCCNCC(=O)Nc1cc(F)ccc1[N+](=O)[O-]. The molecule has 0 saturated heterocycles. The fraction of sp³-hybridized carbons (Fsp3) is 0.364. The molecule has 0 atom stereocenters. The summed E-state index contributed by atoms with van der Waals surface area (Å²) in [4.78, 5) is 21.5. The average Bonchev–Trinajstić information content (AvgIpc) is 2.29. The molecule has 0 heterocycles. The first-order valence-corrected chi connectivity index (χ1v) is 5.49. The number of nitro groups is 1. The van der Waals surface area contributed by atoms with E-state index in [9.17, 15) is 19.3 Å². The second kappa shape index (κ2) is 6.65. The molecule has 0 aromatic heterocycles. The van der Waals surface area contributed by atoms with Crippen LogP contribution in [-0.2, 0) is 4.79 Å². The van der Waals surface area contributed by atoms with Crippen molar-refractivity contribution < 1.29 is 14.1 Å². The highest BCUT2D eigenvalue weighted by Gasteiger charge is 2.16. The first kappa shape index (κ1) is 14.0. The van der Waals surface area contributed by atoms with Crippen molar-refractivity contribution in [1.82, 2.24) is 5.32 Å². The van der Waals surface area contributed by atoms with E-state index in [1.165, 1.54) is 0 Å². The molecule has 0 aliphatic carbocycles. The van der Waals surface area contributed by atoms with Crippen LogP contribution in [0.5, 0.6) is 0 Å². The van der Waals surface area contributed by atoms with Gasteiger partial charge in [-0.3, -0.25) is 14.9 Å². The highest BCUT2D eigenvalue weighted by Crippen LogP contribution is 2.24. The molecule has 7 heteroatoms. The molecule has 0 fully saturated rings. The fourth-order valence-electron chi connectivity index (χ4n) is 1.34. The van der Waals surface area contributed by atoms with Crippen LogP contribution in [0.25, 0.3) is 0 Å². The average molecular weight is 255 g/mol. The summed E-state index contributed by atoms with van der Waals surface area (Å²) in [5, 5.41) is 15.8. The fourth-order valence-corrected chi connectivity index (χ4v) is 1.34. The highest BCUT2D eigenvalue weighted by atomic mass is 19.1. The summed E-state index contributed by atoms with van der Waals surface area (Å²) in [5.41, 5.74) is -0.469. The second-order valence-corrected chi connectivity index (χ2v) is 3.64. The zero-order valence-corrected chi connectivity index (χ0v) is 9.90. The monoisotopic (exact) mass is 255 g/mol. The molecule has 1 aromatic rings. The van der Waals surface area contributed by atoms with Crippen molar-refractivity contribution in [2.24, 2.45) is 0 Å². The largest absolute Gasteiger partial charge is 0.319 e. The maximum Gasteiger partial charge on any atom is 0.292 e. The van der Waals surface area contributed by atoms with Gasteiger partial charge in [0.15, 0.2) is 0 Å². The van der Waals surface area contributed by atoms with E-state index in [-0.39, 0.29) is 17.9 Å². The Balaban J connectivity index is 2.73. The summed E-state index contributed by atoms with van der Waals surface area (Å²) >= 11 is 0. The number of carbonyl (C=O) groups excluding carboxylic acids is 1. The molecule has 0 bridgehead atoms. The normalized spacial score (nSPS) is 10.1. The van der Waals surface area contributed by atoms with Crippen molar-refractivity contribution in [3.8, 4) is 0 Å². The minimum atomic E-state index is -0.672. The molecule has 0 radical (unpaired) electrons. The molecule has 6 nitrogen and oxygen atoms in total. The minimum Gasteiger partial charge on any atom is -0.319 e. The molecule has 1 rings (SSSR count). The van der Waals surface area contributed by atoms with Crippen molar-refractivity contribution in [2.45, 2.75) is 13.3 Å². The molecule has 1 amide bonds.